The smallest absolute Gasteiger partial charge is 0.228 e. The summed E-state index contributed by atoms with van der Waals surface area (Å²) in [6.45, 7) is 4.13. The van der Waals surface area contributed by atoms with Crippen molar-refractivity contribution in [1.82, 2.24) is 0 Å². The maximum Gasteiger partial charge on any atom is 0.228 e. The van der Waals surface area contributed by atoms with E-state index in [9.17, 15) is 14.7 Å². The number of anilines is 1. The van der Waals surface area contributed by atoms with E-state index in [1.54, 1.807) is 0 Å². The minimum absolute atomic E-state index is 0.0131. The Kier molecular flexibility index (Phi) is 3.77. The summed E-state index contributed by atoms with van der Waals surface area (Å²) in [5.74, 6) is -2.33. The first-order valence-electron chi connectivity index (χ1n) is 7.78. The molecule has 4 atom stereocenters. The number of carboxylic acids is 1. The fourth-order valence-electron chi connectivity index (χ4n) is 3.83. The predicted octanol–water partition coefficient (Wildman–Crippen LogP) is 1.94. The van der Waals surface area contributed by atoms with Gasteiger partial charge in [-0.3, -0.25) is 4.79 Å². The second kappa shape index (κ2) is 5.59. The SMILES string of the molecule is CC(C)c1ccccc1NC(=O)[C@H]1[C@H](C(=O)[O-])[C@H]2C=C[C@@H]1C2. The summed E-state index contributed by atoms with van der Waals surface area (Å²) in [7, 11) is 0. The third kappa shape index (κ3) is 2.43. The van der Waals surface area contributed by atoms with Crippen LogP contribution in [0.15, 0.2) is 36.4 Å². The maximum absolute atomic E-state index is 12.7. The van der Waals surface area contributed by atoms with Crippen LogP contribution >= 0.6 is 0 Å². The van der Waals surface area contributed by atoms with E-state index in [-0.39, 0.29) is 23.7 Å². The number of hydrogen-bond acceptors (Lipinski definition) is 3. The van der Waals surface area contributed by atoms with Gasteiger partial charge in [-0.2, -0.15) is 0 Å². The third-order valence-corrected chi connectivity index (χ3v) is 4.87. The fourth-order valence-corrected chi connectivity index (χ4v) is 3.83. The summed E-state index contributed by atoms with van der Waals surface area (Å²) in [6, 6.07) is 7.66. The van der Waals surface area contributed by atoms with Gasteiger partial charge in [-0.25, -0.2) is 0 Å². The molecule has 2 aliphatic rings. The first-order valence-corrected chi connectivity index (χ1v) is 7.78. The highest BCUT2D eigenvalue weighted by Crippen LogP contribution is 2.48. The lowest BCUT2D eigenvalue weighted by atomic mass is 9.82. The number of carboxylic acid groups (broad SMARTS) is 1. The lowest BCUT2D eigenvalue weighted by Crippen LogP contribution is -2.43. The van der Waals surface area contributed by atoms with Crippen molar-refractivity contribution < 1.29 is 14.7 Å². The topological polar surface area (TPSA) is 69.2 Å². The molecule has 0 spiro atoms. The minimum Gasteiger partial charge on any atom is -0.550 e. The van der Waals surface area contributed by atoms with Crippen LogP contribution in [0.4, 0.5) is 5.69 Å². The summed E-state index contributed by atoms with van der Waals surface area (Å²) < 4.78 is 0. The molecule has 0 unspecified atom stereocenters. The Morgan fingerprint density at radius 1 is 1.14 bits per heavy atom. The lowest BCUT2D eigenvalue weighted by Gasteiger charge is -2.28. The van der Waals surface area contributed by atoms with Gasteiger partial charge in [0.05, 0.1) is 5.92 Å². The van der Waals surface area contributed by atoms with Gasteiger partial charge in [-0.1, -0.05) is 44.2 Å². The second-order valence-electron chi connectivity index (χ2n) is 6.55. The number of hydrogen-bond donors (Lipinski definition) is 1. The van der Waals surface area contributed by atoms with Crippen LogP contribution in [0, 0.1) is 23.7 Å². The van der Waals surface area contributed by atoms with E-state index in [2.05, 4.69) is 19.2 Å². The molecule has 1 amide bonds. The number of para-hydroxylation sites is 1. The minimum atomic E-state index is -1.12. The Bertz CT molecular complexity index is 635. The molecule has 1 saturated carbocycles. The van der Waals surface area contributed by atoms with Crippen LogP contribution in [0.1, 0.15) is 31.7 Å². The maximum atomic E-state index is 12.7. The van der Waals surface area contributed by atoms with Gasteiger partial charge in [0.25, 0.3) is 0 Å². The van der Waals surface area contributed by atoms with Gasteiger partial charge in [0.1, 0.15) is 0 Å². The Morgan fingerprint density at radius 3 is 2.41 bits per heavy atom. The quantitative estimate of drug-likeness (QED) is 0.864. The highest BCUT2D eigenvalue weighted by molar-refractivity contribution is 5.96. The van der Waals surface area contributed by atoms with E-state index in [0.29, 0.717) is 0 Å². The molecule has 4 nitrogen and oxygen atoms in total. The van der Waals surface area contributed by atoms with Gasteiger partial charge < -0.3 is 15.2 Å². The number of allylic oxidation sites excluding steroid dienone is 2. The lowest BCUT2D eigenvalue weighted by molar-refractivity contribution is -0.313. The zero-order valence-electron chi connectivity index (χ0n) is 12.8. The van der Waals surface area contributed by atoms with Gasteiger partial charge >= 0.3 is 0 Å². The summed E-state index contributed by atoms with van der Waals surface area (Å²) in [6.07, 6.45) is 4.63. The number of carbonyl (C=O) groups excluding carboxylic acids is 2. The zero-order chi connectivity index (χ0) is 15.9. The van der Waals surface area contributed by atoms with E-state index in [1.165, 1.54) is 0 Å². The molecule has 0 aliphatic heterocycles. The first kappa shape index (κ1) is 14.8. The van der Waals surface area contributed by atoms with Crippen molar-refractivity contribution in [3.63, 3.8) is 0 Å². The first-order chi connectivity index (χ1) is 10.5. The molecule has 0 radical (unpaired) electrons. The molecular weight excluding hydrogens is 278 g/mol. The van der Waals surface area contributed by atoms with Crippen molar-refractivity contribution in [3.05, 3.63) is 42.0 Å². The summed E-state index contributed by atoms with van der Waals surface area (Å²) >= 11 is 0. The van der Waals surface area contributed by atoms with Crippen LogP contribution in [-0.2, 0) is 9.59 Å². The van der Waals surface area contributed by atoms with Gasteiger partial charge in [0, 0.05) is 17.6 Å². The molecule has 2 bridgehead atoms. The molecule has 0 saturated heterocycles. The molecule has 4 heteroatoms. The van der Waals surface area contributed by atoms with Crippen molar-refractivity contribution in [2.75, 3.05) is 5.32 Å². The highest BCUT2D eigenvalue weighted by atomic mass is 16.4. The monoisotopic (exact) mass is 298 g/mol. The van der Waals surface area contributed by atoms with Gasteiger partial charge in [-0.05, 0) is 35.8 Å². The average Bonchev–Trinajstić information content (AvgIpc) is 3.08. The number of amides is 1. The number of rotatable bonds is 4. The van der Waals surface area contributed by atoms with Gasteiger partial charge in [0.15, 0.2) is 0 Å². The van der Waals surface area contributed by atoms with E-state index in [1.807, 2.05) is 36.4 Å². The van der Waals surface area contributed by atoms with Crippen LogP contribution in [0.2, 0.25) is 0 Å². The van der Waals surface area contributed by atoms with E-state index >= 15 is 0 Å². The predicted molar refractivity (Wildman–Crippen MR) is 81.9 cm³/mol. The van der Waals surface area contributed by atoms with Crippen molar-refractivity contribution in [3.8, 4) is 0 Å². The Hall–Kier alpha value is -2.10. The third-order valence-electron chi connectivity index (χ3n) is 4.87. The van der Waals surface area contributed by atoms with E-state index in [0.717, 1.165) is 17.7 Å². The van der Waals surface area contributed by atoms with Crippen molar-refractivity contribution in [2.45, 2.75) is 26.2 Å². The highest BCUT2D eigenvalue weighted by Gasteiger charge is 2.48. The average molecular weight is 298 g/mol. The van der Waals surface area contributed by atoms with Crippen molar-refractivity contribution in [2.24, 2.45) is 23.7 Å². The molecule has 0 aromatic heterocycles. The van der Waals surface area contributed by atoms with Crippen LogP contribution < -0.4 is 10.4 Å². The van der Waals surface area contributed by atoms with Crippen LogP contribution in [0.3, 0.4) is 0 Å². The number of fused-ring (bicyclic) bond motifs is 2. The molecule has 1 N–H and O–H groups in total. The molecule has 0 heterocycles. The molecule has 2 aliphatic carbocycles. The normalized spacial score (nSPS) is 29.0. The molecule has 1 fully saturated rings. The Balaban J connectivity index is 1.83. The van der Waals surface area contributed by atoms with Gasteiger partial charge in [0.2, 0.25) is 5.91 Å². The number of carbonyl (C=O) groups is 2. The van der Waals surface area contributed by atoms with E-state index in [4.69, 9.17) is 0 Å². The van der Waals surface area contributed by atoms with Gasteiger partial charge in [-0.15, -0.1) is 0 Å². The number of nitrogens with one attached hydrogen (secondary N) is 1. The summed E-state index contributed by atoms with van der Waals surface area (Å²) in [4.78, 5) is 24.1. The zero-order valence-corrected chi connectivity index (χ0v) is 12.8. The van der Waals surface area contributed by atoms with Crippen LogP contribution in [0.25, 0.3) is 0 Å². The molecule has 3 rings (SSSR count). The Morgan fingerprint density at radius 2 is 1.77 bits per heavy atom. The van der Waals surface area contributed by atoms with Crippen molar-refractivity contribution in [1.29, 1.82) is 0 Å². The standard InChI is InChI=1S/C18H21NO3/c1-10(2)13-5-3-4-6-14(13)19-17(20)15-11-7-8-12(9-11)16(15)18(21)22/h3-8,10-12,15-16H,9H2,1-2H3,(H,19,20)(H,21,22)/p-1/t11-,12+,15-,16-/m1/s1. The summed E-state index contributed by atoms with van der Waals surface area (Å²) in [5, 5.41) is 14.3. The van der Waals surface area contributed by atoms with Crippen molar-refractivity contribution >= 4 is 17.6 Å². The Labute approximate surface area is 130 Å². The largest absolute Gasteiger partial charge is 0.550 e. The molecular formula is C18H20NO3-. The molecule has 1 aromatic rings. The van der Waals surface area contributed by atoms with Crippen LogP contribution in [0.5, 0.6) is 0 Å². The summed E-state index contributed by atoms with van der Waals surface area (Å²) in [5.41, 5.74) is 1.82. The molecule has 1 aromatic carbocycles. The number of aliphatic carboxylic acids is 1. The van der Waals surface area contributed by atoms with E-state index < -0.39 is 17.8 Å². The fraction of sp³-hybridized carbons (Fsp3) is 0.444. The number of benzene rings is 1. The second-order valence-corrected chi connectivity index (χ2v) is 6.55. The molecule has 116 valence electrons. The molecule has 22 heavy (non-hydrogen) atoms. The van der Waals surface area contributed by atoms with Crippen LogP contribution in [-0.4, -0.2) is 11.9 Å².